The lowest BCUT2D eigenvalue weighted by Crippen LogP contribution is -2.41. The first-order chi connectivity index (χ1) is 13.8. The van der Waals surface area contributed by atoms with Crippen LogP contribution in [0.1, 0.15) is 18.4 Å². The van der Waals surface area contributed by atoms with Crippen LogP contribution >= 0.6 is 0 Å². The number of anilines is 1. The van der Waals surface area contributed by atoms with Crippen LogP contribution in [-0.2, 0) is 25.5 Å². The first-order valence-electron chi connectivity index (χ1n) is 10.4. The van der Waals surface area contributed by atoms with Gasteiger partial charge in [-0.05, 0) is 43.6 Å². The molecule has 7 heteroatoms. The average Bonchev–Trinajstić information content (AvgIpc) is 3.26. The molecule has 1 N–H and O–H groups in total. The van der Waals surface area contributed by atoms with Gasteiger partial charge in [0.1, 0.15) is 0 Å². The fourth-order valence-corrected chi connectivity index (χ4v) is 4.15. The lowest BCUT2D eigenvalue weighted by atomic mass is 9.96. The van der Waals surface area contributed by atoms with Crippen molar-refractivity contribution in [3.8, 4) is 0 Å². The Morgan fingerprint density at radius 3 is 2.29 bits per heavy atom. The number of benzene rings is 1. The molecular formula is C21H31N3O4. The van der Waals surface area contributed by atoms with Crippen LogP contribution in [0.2, 0.25) is 0 Å². The van der Waals surface area contributed by atoms with E-state index in [0.717, 1.165) is 64.5 Å². The molecule has 0 atom stereocenters. The van der Waals surface area contributed by atoms with Gasteiger partial charge in [0, 0.05) is 31.2 Å². The van der Waals surface area contributed by atoms with Crippen molar-refractivity contribution in [2.45, 2.75) is 25.7 Å². The van der Waals surface area contributed by atoms with Gasteiger partial charge < -0.3 is 19.5 Å². The molecule has 0 aromatic heterocycles. The standard InChI is InChI=1S/C21H31N3O4/c25-20(16-23-7-5-18(6-8-23)21-27-13-14-28-21)22-19-3-1-17(2-4-19)15-24-9-11-26-12-10-24/h1-4,18,21H,5-16H2,(H,22,25). The number of rotatable bonds is 6. The van der Waals surface area contributed by atoms with Crippen molar-refractivity contribution in [3.63, 3.8) is 0 Å². The number of hydrogen-bond acceptors (Lipinski definition) is 6. The molecule has 3 aliphatic heterocycles. The van der Waals surface area contributed by atoms with E-state index >= 15 is 0 Å². The van der Waals surface area contributed by atoms with Crippen molar-refractivity contribution < 1.29 is 19.0 Å². The van der Waals surface area contributed by atoms with Gasteiger partial charge in [0.05, 0.1) is 33.0 Å². The fraction of sp³-hybridized carbons (Fsp3) is 0.667. The molecule has 1 aromatic carbocycles. The molecule has 1 amide bonds. The van der Waals surface area contributed by atoms with Crippen molar-refractivity contribution in [1.82, 2.24) is 9.80 Å². The molecule has 0 spiro atoms. The van der Waals surface area contributed by atoms with E-state index in [9.17, 15) is 4.79 Å². The van der Waals surface area contributed by atoms with Gasteiger partial charge in [-0.2, -0.15) is 0 Å². The molecule has 0 bridgehead atoms. The third-order valence-corrected chi connectivity index (χ3v) is 5.78. The average molecular weight is 389 g/mol. The third kappa shape index (κ3) is 5.52. The van der Waals surface area contributed by atoms with Gasteiger partial charge in [0.2, 0.25) is 5.91 Å². The topological polar surface area (TPSA) is 63.3 Å². The lowest BCUT2D eigenvalue weighted by Gasteiger charge is -2.33. The number of amides is 1. The predicted octanol–water partition coefficient (Wildman–Crippen LogP) is 1.54. The van der Waals surface area contributed by atoms with Crippen molar-refractivity contribution in [1.29, 1.82) is 0 Å². The van der Waals surface area contributed by atoms with Crippen molar-refractivity contribution >= 4 is 11.6 Å². The lowest BCUT2D eigenvalue weighted by molar-refractivity contribution is -0.119. The summed E-state index contributed by atoms with van der Waals surface area (Å²) in [6.45, 7) is 8.20. The Hall–Kier alpha value is -1.51. The second-order valence-electron chi connectivity index (χ2n) is 7.86. The maximum Gasteiger partial charge on any atom is 0.238 e. The van der Waals surface area contributed by atoms with Gasteiger partial charge in [0.25, 0.3) is 0 Å². The molecule has 0 saturated carbocycles. The molecular weight excluding hydrogens is 358 g/mol. The zero-order chi connectivity index (χ0) is 19.2. The van der Waals surface area contributed by atoms with Crippen molar-refractivity contribution in [3.05, 3.63) is 29.8 Å². The summed E-state index contributed by atoms with van der Waals surface area (Å²) < 4.78 is 16.6. The largest absolute Gasteiger partial charge is 0.379 e. The third-order valence-electron chi connectivity index (χ3n) is 5.78. The second-order valence-corrected chi connectivity index (χ2v) is 7.86. The summed E-state index contributed by atoms with van der Waals surface area (Å²) in [5, 5.41) is 3.02. The summed E-state index contributed by atoms with van der Waals surface area (Å²) in [5.41, 5.74) is 2.12. The quantitative estimate of drug-likeness (QED) is 0.796. The summed E-state index contributed by atoms with van der Waals surface area (Å²) in [6, 6.07) is 8.18. The second kappa shape index (κ2) is 9.80. The molecule has 0 unspecified atom stereocenters. The van der Waals surface area contributed by atoms with Gasteiger partial charge in [-0.15, -0.1) is 0 Å². The van der Waals surface area contributed by atoms with E-state index in [1.165, 1.54) is 5.56 Å². The van der Waals surface area contributed by atoms with E-state index in [2.05, 4.69) is 27.2 Å². The molecule has 3 heterocycles. The van der Waals surface area contributed by atoms with E-state index < -0.39 is 0 Å². The monoisotopic (exact) mass is 389 g/mol. The maximum absolute atomic E-state index is 12.4. The fourth-order valence-electron chi connectivity index (χ4n) is 4.15. The summed E-state index contributed by atoms with van der Waals surface area (Å²) in [4.78, 5) is 17.0. The van der Waals surface area contributed by atoms with Crippen LogP contribution in [0.15, 0.2) is 24.3 Å². The van der Waals surface area contributed by atoms with Gasteiger partial charge >= 0.3 is 0 Å². The zero-order valence-electron chi connectivity index (χ0n) is 16.5. The Balaban J connectivity index is 1.18. The summed E-state index contributed by atoms with van der Waals surface area (Å²) in [5.74, 6) is 0.508. The number of nitrogens with zero attached hydrogens (tertiary/aromatic N) is 2. The molecule has 28 heavy (non-hydrogen) atoms. The first-order valence-corrected chi connectivity index (χ1v) is 10.4. The Labute approximate surface area is 166 Å². The van der Waals surface area contributed by atoms with Gasteiger partial charge in [-0.1, -0.05) is 12.1 Å². The molecule has 0 radical (unpaired) electrons. The highest BCUT2D eigenvalue weighted by molar-refractivity contribution is 5.92. The number of morpholine rings is 1. The molecule has 0 aliphatic carbocycles. The molecule has 3 fully saturated rings. The van der Waals surface area contributed by atoms with E-state index in [-0.39, 0.29) is 12.2 Å². The minimum absolute atomic E-state index is 0.0352. The minimum Gasteiger partial charge on any atom is -0.379 e. The summed E-state index contributed by atoms with van der Waals surface area (Å²) in [7, 11) is 0. The molecule has 154 valence electrons. The molecule has 4 rings (SSSR count). The smallest absolute Gasteiger partial charge is 0.238 e. The van der Waals surface area contributed by atoms with Crippen LogP contribution in [0.3, 0.4) is 0 Å². The van der Waals surface area contributed by atoms with Crippen LogP contribution in [0.4, 0.5) is 5.69 Å². The Morgan fingerprint density at radius 1 is 0.929 bits per heavy atom. The Kier molecular flexibility index (Phi) is 6.93. The number of nitrogens with one attached hydrogen (secondary N) is 1. The zero-order valence-corrected chi connectivity index (χ0v) is 16.5. The number of likely N-dealkylation sites (tertiary alicyclic amines) is 1. The van der Waals surface area contributed by atoms with E-state index in [1.54, 1.807) is 0 Å². The van der Waals surface area contributed by atoms with Crippen LogP contribution in [-0.4, -0.2) is 81.1 Å². The number of carbonyl (C=O) groups is 1. The van der Waals surface area contributed by atoms with Gasteiger partial charge in [0.15, 0.2) is 6.29 Å². The Morgan fingerprint density at radius 2 is 1.61 bits per heavy atom. The van der Waals surface area contributed by atoms with E-state index in [4.69, 9.17) is 14.2 Å². The van der Waals surface area contributed by atoms with Crippen LogP contribution < -0.4 is 5.32 Å². The normalized spacial score (nSPS) is 23.1. The van der Waals surface area contributed by atoms with Crippen molar-refractivity contribution in [2.75, 3.05) is 64.5 Å². The summed E-state index contributed by atoms with van der Waals surface area (Å²) in [6.07, 6.45) is 2.01. The number of ether oxygens (including phenoxy) is 3. The summed E-state index contributed by atoms with van der Waals surface area (Å²) >= 11 is 0. The molecule has 3 aliphatic rings. The maximum atomic E-state index is 12.4. The highest BCUT2D eigenvalue weighted by atomic mass is 16.7. The van der Waals surface area contributed by atoms with Crippen LogP contribution in [0, 0.1) is 5.92 Å². The SMILES string of the molecule is O=C(CN1CCC(C2OCCO2)CC1)Nc1ccc(CN2CCOCC2)cc1. The van der Waals surface area contributed by atoms with Crippen molar-refractivity contribution in [2.24, 2.45) is 5.92 Å². The molecule has 7 nitrogen and oxygen atoms in total. The highest BCUT2D eigenvalue weighted by Gasteiger charge is 2.30. The number of hydrogen-bond donors (Lipinski definition) is 1. The van der Waals surface area contributed by atoms with Crippen LogP contribution in [0.25, 0.3) is 0 Å². The Bertz CT molecular complexity index is 619. The molecule has 1 aromatic rings. The van der Waals surface area contributed by atoms with Gasteiger partial charge in [-0.3, -0.25) is 14.6 Å². The number of carbonyl (C=O) groups excluding carboxylic acids is 1. The van der Waals surface area contributed by atoms with Gasteiger partial charge in [-0.25, -0.2) is 0 Å². The van der Waals surface area contributed by atoms with E-state index in [1.807, 2.05) is 12.1 Å². The predicted molar refractivity (Wildman–Crippen MR) is 106 cm³/mol. The highest BCUT2D eigenvalue weighted by Crippen LogP contribution is 2.25. The first kappa shape index (κ1) is 19.8. The van der Waals surface area contributed by atoms with Crippen LogP contribution in [0.5, 0.6) is 0 Å². The van der Waals surface area contributed by atoms with E-state index in [0.29, 0.717) is 25.7 Å². The number of piperidine rings is 1. The minimum atomic E-state index is -0.0352. The molecule has 3 saturated heterocycles.